The van der Waals surface area contributed by atoms with Crippen LogP contribution in [0.2, 0.25) is 0 Å². The average molecular weight is 345 g/mol. The minimum absolute atomic E-state index is 0. The molecule has 23 heavy (non-hydrogen) atoms. The van der Waals surface area contributed by atoms with Gasteiger partial charge in [-0.3, -0.25) is 9.48 Å². The lowest BCUT2D eigenvalue weighted by atomic mass is 10.1. The molecule has 2 rings (SSSR count). The van der Waals surface area contributed by atoms with Crippen molar-refractivity contribution in [3.05, 3.63) is 12.4 Å². The minimum Gasteiger partial charge on any atom is -0.464 e. The Hall–Kier alpha value is -1.60. The van der Waals surface area contributed by atoms with E-state index in [4.69, 9.17) is 4.74 Å². The van der Waals surface area contributed by atoms with E-state index in [9.17, 15) is 9.59 Å². The Morgan fingerprint density at radius 1 is 1.52 bits per heavy atom. The van der Waals surface area contributed by atoms with Crippen molar-refractivity contribution in [2.45, 2.75) is 51.6 Å². The number of hydrogen-bond acceptors (Lipinski definition) is 5. The maximum Gasteiger partial charge on any atom is 0.333 e. The van der Waals surface area contributed by atoms with E-state index in [-0.39, 0.29) is 30.3 Å². The predicted molar refractivity (Wildman–Crippen MR) is 89.7 cm³/mol. The van der Waals surface area contributed by atoms with Crippen molar-refractivity contribution in [2.75, 3.05) is 18.5 Å². The van der Waals surface area contributed by atoms with Gasteiger partial charge in [0.15, 0.2) is 5.54 Å². The summed E-state index contributed by atoms with van der Waals surface area (Å²) >= 11 is 0. The Kier molecular flexibility index (Phi) is 7.02. The Bertz CT molecular complexity index is 539. The summed E-state index contributed by atoms with van der Waals surface area (Å²) in [5.74, 6) is -0.404. The van der Waals surface area contributed by atoms with E-state index < -0.39 is 5.54 Å². The molecule has 1 aliphatic heterocycles. The van der Waals surface area contributed by atoms with Gasteiger partial charge in [-0.1, -0.05) is 0 Å². The number of rotatable bonds is 6. The van der Waals surface area contributed by atoms with Crippen molar-refractivity contribution in [1.82, 2.24) is 15.1 Å². The lowest BCUT2D eigenvalue weighted by Gasteiger charge is -2.22. The number of halogens is 1. The molecule has 1 fully saturated rings. The van der Waals surface area contributed by atoms with Crippen molar-refractivity contribution in [2.24, 2.45) is 0 Å². The SMILES string of the molecule is CCOC(=O)C(C)(C)n1cc(NC(=O)CC2CCCN2)cn1.Cl. The minimum atomic E-state index is -0.911. The third-order valence-corrected chi connectivity index (χ3v) is 3.81. The van der Waals surface area contributed by atoms with Crippen LogP contribution in [0.3, 0.4) is 0 Å². The van der Waals surface area contributed by atoms with Crippen LogP contribution in [0.25, 0.3) is 0 Å². The smallest absolute Gasteiger partial charge is 0.333 e. The molecule has 1 aromatic rings. The molecule has 1 saturated heterocycles. The molecule has 1 aliphatic rings. The van der Waals surface area contributed by atoms with Crippen molar-refractivity contribution in [3.63, 3.8) is 0 Å². The molecule has 8 heteroatoms. The quantitative estimate of drug-likeness (QED) is 0.767. The Morgan fingerprint density at radius 2 is 2.26 bits per heavy atom. The molecule has 2 heterocycles. The van der Waals surface area contributed by atoms with Crippen LogP contribution >= 0.6 is 12.4 Å². The van der Waals surface area contributed by atoms with Crippen LogP contribution in [0.5, 0.6) is 0 Å². The number of amides is 1. The number of esters is 1. The molecule has 0 aromatic carbocycles. The van der Waals surface area contributed by atoms with Gasteiger partial charge in [-0.25, -0.2) is 4.79 Å². The number of nitrogens with zero attached hydrogens (tertiary/aromatic N) is 2. The molecular formula is C15H25ClN4O3. The summed E-state index contributed by atoms with van der Waals surface area (Å²) < 4.78 is 6.55. The lowest BCUT2D eigenvalue weighted by molar-refractivity contribution is -0.152. The van der Waals surface area contributed by atoms with Crippen LogP contribution < -0.4 is 10.6 Å². The first kappa shape index (κ1) is 19.4. The van der Waals surface area contributed by atoms with Crippen LogP contribution in [0.15, 0.2) is 12.4 Å². The van der Waals surface area contributed by atoms with E-state index in [1.807, 2.05) is 0 Å². The second-order valence-corrected chi connectivity index (χ2v) is 6.00. The Balaban J connectivity index is 0.00000264. The second kappa shape index (κ2) is 8.31. The molecule has 1 atom stereocenters. The van der Waals surface area contributed by atoms with Crippen molar-refractivity contribution >= 4 is 30.0 Å². The highest BCUT2D eigenvalue weighted by atomic mass is 35.5. The van der Waals surface area contributed by atoms with Crippen molar-refractivity contribution in [3.8, 4) is 0 Å². The zero-order valence-corrected chi connectivity index (χ0v) is 14.6. The predicted octanol–water partition coefficient (Wildman–Crippen LogP) is 1.68. The number of nitrogens with one attached hydrogen (secondary N) is 2. The molecule has 1 amide bonds. The lowest BCUT2D eigenvalue weighted by Crippen LogP contribution is -2.37. The van der Waals surface area contributed by atoms with Gasteiger partial charge in [0.2, 0.25) is 5.91 Å². The third kappa shape index (κ3) is 4.94. The van der Waals surface area contributed by atoms with Gasteiger partial charge in [-0.2, -0.15) is 5.10 Å². The normalized spacial score (nSPS) is 17.4. The number of carbonyl (C=O) groups is 2. The topological polar surface area (TPSA) is 85.2 Å². The molecule has 0 radical (unpaired) electrons. The van der Waals surface area contributed by atoms with E-state index in [2.05, 4.69) is 15.7 Å². The fraction of sp³-hybridized carbons (Fsp3) is 0.667. The Labute approximate surface area is 142 Å². The van der Waals surface area contributed by atoms with Crippen molar-refractivity contribution < 1.29 is 14.3 Å². The zero-order chi connectivity index (χ0) is 16.2. The monoisotopic (exact) mass is 344 g/mol. The van der Waals surface area contributed by atoms with E-state index in [1.165, 1.54) is 4.68 Å². The van der Waals surface area contributed by atoms with E-state index in [0.717, 1.165) is 19.4 Å². The first-order chi connectivity index (χ1) is 10.4. The average Bonchev–Trinajstić information content (AvgIpc) is 3.10. The highest BCUT2D eigenvalue weighted by molar-refractivity contribution is 5.91. The molecule has 2 N–H and O–H groups in total. The Morgan fingerprint density at radius 3 is 2.87 bits per heavy atom. The maximum atomic E-state index is 12.0. The van der Waals surface area contributed by atoms with E-state index in [0.29, 0.717) is 18.7 Å². The third-order valence-electron chi connectivity index (χ3n) is 3.81. The fourth-order valence-electron chi connectivity index (χ4n) is 2.46. The van der Waals surface area contributed by atoms with Crippen molar-refractivity contribution in [1.29, 1.82) is 0 Å². The molecule has 0 aliphatic carbocycles. The molecule has 0 spiro atoms. The highest BCUT2D eigenvalue weighted by Gasteiger charge is 2.32. The fourth-order valence-corrected chi connectivity index (χ4v) is 2.46. The van der Waals surface area contributed by atoms with Gasteiger partial charge < -0.3 is 15.4 Å². The van der Waals surface area contributed by atoms with Gasteiger partial charge in [0.1, 0.15) is 0 Å². The van der Waals surface area contributed by atoms with Gasteiger partial charge in [-0.05, 0) is 40.2 Å². The number of hydrogen-bond donors (Lipinski definition) is 2. The van der Waals surface area contributed by atoms with Crippen LogP contribution in [0.1, 0.15) is 40.0 Å². The molecule has 130 valence electrons. The second-order valence-electron chi connectivity index (χ2n) is 6.00. The summed E-state index contributed by atoms with van der Waals surface area (Å²) in [6, 6.07) is 0.256. The first-order valence-electron chi connectivity index (χ1n) is 7.69. The zero-order valence-electron chi connectivity index (χ0n) is 13.8. The molecular weight excluding hydrogens is 320 g/mol. The highest BCUT2D eigenvalue weighted by Crippen LogP contribution is 2.19. The molecule has 0 saturated carbocycles. The summed E-state index contributed by atoms with van der Waals surface area (Å²) in [6.07, 6.45) is 5.79. The van der Waals surface area contributed by atoms with Gasteiger partial charge in [0.25, 0.3) is 0 Å². The summed E-state index contributed by atoms with van der Waals surface area (Å²) in [7, 11) is 0. The van der Waals surface area contributed by atoms with Crippen LogP contribution in [0.4, 0.5) is 5.69 Å². The van der Waals surface area contributed by atoms with Crippen LogP contribution in [-0.2, 0) is 19.9 Å². The number of carbonyl (C=O) groups excluding carboxylic acids is 2. The number of aromatic nitrogens is 2. The first-order valence-corrected chi connectivity index (χ1v) is 7.69. The maximum absolute atomic E-state index is 12.0. The number of ether oxygens (including phenoxy) is 1. The van der Waals surface area contributed by atoms with Crippen LogP contribution in [-0.4, -0.2) is 40.9 Å². The largest absolute Gasteiger partial charge is 0.464 e. The standard InChI is InChI=1S/C15H24N4O3.ClH/c1-4-22-14(21)15(2,3)19-10-12(9-17-19)18-13(20)8-11-6-5-7-16-11;/h9-11,16H,4-8H2,1-3H3,(H,18,20);1H. The van der Waals surface area contributed by atoms with E-state index >= 15 is 0 Å². The van der Waals surface area contributed by atoms with Gasteiger partial charge in [0.05, 0.1) is 18.5 Å². The van der Waals surface area contributed by atoms with Crippen LogP contribution in [0, 0.1) is 0 Å². The van der Waals surface area contributed by atoms with Gasteiger partial charge >= 0.3 is 5.97 Å². The molecule has 7 nitrogen and oxygen atoms in total. The summed E-state index contributed by atoms with van der Waals surface area (Å²) in [6.45, 7) is 6.52. The summed E-state index contributed by atoms with van der Waals surface area (Å²) in [5.41, 5.74) is -0.327. The van der Waals surface area contributed by atoms with Gasteiger partial charge in [0, 0.05) is 18.7 Å². The van der Waals surface area contributed by atoms with E-state index in [1.54, 1.807) is 33.2 Å². The number of anilines is 1. The summed E-state index contributed by atoms with van der Waals surface area (Å²) in [5, 5.41) is 10.3. The molecule has 1 aromatic heterocycles. The van der Waals surface area contributed by atoms with Gasteiger partial charge in [-0.15, -0.1) is 12.4 Å². The summed E-state index contributed by atoms with van der Waals surface area (Å²) in [4.78, 5) is 23.9. The molecule has 1 unspecified atom stereocenters. The molecule has 0 bridgehead atoms.